The Hall–Kier alpha value is -0.340. The minimum absolute atomic E-state index is 0.517. The molecule has 0 bridgehead atoms. The summed E-state index contributed by atoms with van der Waals surface area (Å²) in [5, 5.41) is 7.07. The summed E-state index contributed by atoms with van der Waals surface area (Å²) in [4.78, 5) is 0. The molecule has 2 rings (SSSR count). The highest BCUT2D eigenvalue weighted by molar-refractivity contribution is 4.98. The Balaban J connectivity index is 2.01. The molecule has 1 spiro atoms. The van der Waals surface area contributed by atoms with Gasteiger partial charge in [0.25, 0.3) is 0 Å². The summed E-state index contributed by atoms with van der Waals surface area (Å²) >= 11 is 0. The summed E-state index contributed by atoms with van der Waals surface area (Å²) in [6.07, 6.45) is 10.0. The van der Waals surface area contributed by atoms with Crippen LogP contribution in [0.4, 0.5) is 0 Å². The predicted octanol–water partition coefficient (Wildman–Crippen LogP) is 1.30. The molecule has 0 aliphatic carbocycles. The fourth-order valence-electron chi connectivity index (χ4n) is 2.43. The molecular weight excluding hydrogens is 160 g/mol. The number of nitrogens with one attached hydrogen (secondary N) is 2. The van der Waals surface area contributed by atoms with E-state index >= 15 is 0 Å². The molecule has 2 heterocycles. The van der Waals surface area contributed by atoms with Crippen molar-refractivity contribution in [3.05, 3.63) is 12.2 Å². The topological polar surface area (TPSA) is 24.1 Å². The Morgan fingerprint density at radius 3 is 2.92 bits per heavy atom. The SMILES string of the molecule is C1=CCC2(CCCCNC2)CNC1. The van der Waals surface area contributed by atoms with Gasteiger partial charge >= 0.3 is 0 Å². The molecular formula is C11H20N2. The lowest BCUT2D eigenvalue weighted by Gasteiger charge is -2.30. The molecule has 1 saturated heterocycles. The Morgan fingerprint density at radius 1 is 1.00 bits per heavy atom. The highest BCUT2D eigenvalue weighted by atomic mass is 14.9. The van der Waals surface area contributed by atoms with Crippen LogP contribution in [-0.4, -0.2) is 26.2 Å². The molecule has 0 saturated carbocycles. The standard InChI is InChI=1S/C11H20N2/c1-3-7-12-9-11(5-1)6-2-4-8-13-10-11/h1,3,12-13H,2,4-10H2. The number of rotatable bonds is 0. The molecule has 0 radical (unpaired) electrons. The lowest BCUT2D eigenvalue weighted by atomic mass is 9.80. The van der Waals surface area contributed by atoms with E-state index in [0.29, 0.717) is 5.41 Å². The summed E-state index contributed by atoms with van der Waals surface area (Å²) in [6.45, 7) is 4.66. The van der Waals surface area contributed by atoms with Gasteiger partial charge in [0.15, 0.2) is 0 Å². The van der Waals surface area contributed by atoms with Crippen LogP contribution >= 0.6 is 0 Å². The monoisotopic (exact) mass is 180 g/mol. The van der Waals surface area contributed by atoms with Crippen LogP contribution < -0.4 is 10.6 Å². The van der Waals surface area contributed by atoms with Crippen molar-refractivity contribution in [2.45, 2.75) is 25.7 Å². The third kappa shape index (κ3) is 2.32. The molecule has 2 heteroatoms. The Labute approximate surface area is 80.8 Å². The number of allylic oxidation sites excluding steroid dienone is 1. The molecule has 0 aromatic heterocycles. The number of hydrogen-bond donors (Lipinski definition) is 2. The average molecular weight is 180 g/mol. The molecule has 0 amide bonds. The second-order valence-corrected chi connectivity index (χ2v) is 4.44. The van der Waals surface area contributed by atoms with Crippen molar-refractivity contribution < 1.29 is 0 Å². The highest BCUT2D eigenvalue weighted by Crippen LogP contribution is 2.30. The van der Waals surface area contributed by atoms with Crippen LogP contribution in [0.5, 0.6) is 0 Å². The molecule has 2 aliphatic rings. The molecule has 2 aliphatic heterocycles. The maximum atomic E-state index is 3.56. The first-order valence-corrected chi connectivity index (χ1v) is 5.48. The molecule has 0 aromatic carbocycles. The lowest BCUT2D eigenvalue weighted by molar-refractivity contribution is 0.261. The van der Waals surface area contributed by atoms with Crippen LogP contribution in [0.15, 0.2) is 12.2 Å². The minimum atomic E-state index is 0.517. The maximum Gasteiger partial charge on any atom is 0.0135 e. The Kier molecular flexibility index (Phi) is 3.01. The van der Waals surface area contributed by atoms with E-state index in [0.717, 1.165) is 6.54 Å². The first-order chi connectivity index (χ1) is 6.41. The van der Waals surface area contributed by atoms with Gasteiger partial charge < -0.3 is 10.6 Å². The van der Waals surface area contributed by atoms with Crippen molar-refractivity contribution in [1.29, 1.82) is 0 Å². The third-order valence-corrected chi connectivity index (χ3v) is 3.29. The van der Waals surface area contributed by atoms with E-state index in [9.17, 15) is 0 Å². The van der Waals surface area contributed by atoms with E-state index < -0.39 is 0 Å². The van der Waals surface area contributed by atoms with Crippen molar-refractivity contribution in [3.63, 3.8) is 0 Å². The van der Waals surface area contributed by atoms with Gasteiger partial charge in [0.05, 0.1) is 0 Å². The van der Waals surface area contributed by atoms with Crippen molar-refractivity contribution in [2.24, 2.45) is 5.41 Å². The van der Waals surface area contributed by atoms with Gasteiger partial charge in [0.2, 0.25) is 0 Å². The zero-order valence-electron chi connectivity index (χ0n) is 8.31. The highest BCUT2D eigenvalue weighted by Gasteiger charge is 2.29. The molecule has 1 atom stereocenters. The van der Waals surface area contributed by atoms with Crippen molar-refractivity contribution in [3.8, 4) is 0 Å². The summed E-state index contributed by atoms with van der Waals surface area (Å²) in [7, 11) is 0. The van der Waals surface area contributed by atoms with E-state index in [1.54, 1.807) is 0 Å². The smallest absolute Gasteiger partial charge is 0.0135 e. The van der Waals surface area contributed by atoms with E-state index in [1.807, 2.05) is 0 Å². The molecule has 1 unspecified atom stereocenters. The number of hydrogen-bond acceptors (Lipinski definition) is 2. The Morgan fingerprint density at radius 2 is 1.92 bits per heavy atom. The van der Waals surface area contributed by atoms with Crippen LogP contribution in [0.3, 0.4) is 0 Å². The lowest BCUT2D eigenvalue weighted by Crippen LogP contribution is -2.40. The van der Waals surface area contributed by atoms with Crippen LogP contribution in [0.25, 0.3) is 0 Å². The molecule has 13 heavy (non-hydrogen) atoms. The van der Waals surface area contributed by atoms with Gasteiger partial charge in [-0.15, -0.1) is 0 Å². The first-order valence-electron chi connectivity index (χ1n) is 5.48. The summed E-state index contributed by atoms with van der Waals surface area (Å²) in [5.74, 6) is 0. The summed E-state index contributed by atoms with van der Waals surface area (Å²) in [5.41, 5.74) is 0.517. The fourth-order valence-corrected chi connectivity index (χ4v) is 2.43. The van der Waals surface area contributed by atoms with Gasteiger partial charge in [-0.1, -0.05) is 18.6 Å². The predicted molar refractivity (Wildman–Crippen MR) is 55.8 cm³/mol. The van der Waals surface area contributed by atoms with Gasteiger partial charge in [-0.05, 0) is 31.2 Å². The van der Waals surface area contributed by atoms with Crippen LogP contribution in [0, 0.1) is 5.41 Å². The molecule has 1 fully saturated rings. The maximum absolute atomic E-state index is 3.56. The van der Waals surface area contributed by atoms with E-state index in [1.165, 1.54) is 45.3 Å². The van der Waals surface area contributed by atoms with Gasteiger partial charge in [-0.3, -0.25) is 0 Å². The quantitative estimate of drug-likeness (QED) is 0.549. The third-order valence-electron chi connectivity index (χ3n) is 3.29. The van der Waals surface area contributed by atoms with Crippen molar-refractivity contribution in [2.75, 3.05) is 26.2 Å². The fraction of sp³-hybridized carbons (Fsp3) is 0.818. The zero-order chi connectivity index (χ0) is 8.99. The minimum Gasteiger partial charge on any atom is -0.316 e. The molecule has 0 aromatic rings. The van der Waals surface area contributed by atoms with Crippen LogP contribution in [0.1, 0.15) is 25.7 Å². The second kappa shape index (κ2) is 4.25. The zero-order valence-corrected chi connectivity index (χ0v) is 8.31. The normalized spacial score (nSPS) is 35.7. The van der Waals surface area contributed by atoms with Crippen LogP contribution in [0.2, 0.25) is 0 Å². The Bertz CT molecular complexity index is 179. The van der Waals surface area contributed by atoms with Gasteiger partial charge in [0, 0.05) is 19.6 Å². The van der Waals surface area contributed by atoms with Crippen molar-refractivity contribution in [1.82, 2.24) is 10.6 Å². The molecule has 2 nitrogen and oxygen atoms in total. The summed E-state index contributed by atoms with van der Waals surface area (Å²) in [6, 6.07) is 0. The van der Waals surface area contributed by atoms with Gasteiger partial charge in [0.1, 0.15) is 0 Å². The van der Waals surface area contributed by atoms with Crippen LogP contribution in [-0.2, 0) is 0 Å². The van der Waals surface area contributed by atoms with Gasteiger partial charge in [-0.25, -0.2) is 0 Å². The van der Waals surface area contributed by atoms with E-state index in [4.69, 9.17) is 0 Å². The van der Waals surface area contributed by atoms with Gasteiger partial charge in [-0.2, -0.15) is 0 Å². The largest absolute Gasteiger partial charge is 0.316 e. The summed E-state index contributed by atoms with van der Waals surface area (Å²) < 4.78 is 0. The van der Waals surface area contributed by atoms with E-state index in [-0.39, 0.29) is 0 Å². The average Bonchev–Trinajstić information content (AvgIpc) is 2.50. The first kappa shape index (κ1) is 9.22. The second-order valence-electron chi connectivity index (χ2n) is 4.44. The van der Waals surface area contributed by atoms with Crippen molar-refractivity contribution >= 4 is 0 Å². The molecule has 2 N–H and O–H groups in total. The molecule has 74 valence electrons. The van der Waals surface area contributed by atoms with E-state index in [2.05, 4.69) is 22.8 Å².